The van der Waals surface area contributed by atoms with Gasteiger partial charge in [-0.1, -0.05) is 20.8 Å². The second kappa shape index (κ2) is 8.24. The van der Waals surface area contributed by atoms with Crippen LogP contribution in [0.2, 0.25) is 0 Å². The highest BCUT2D eigenvalue weighted by Gasteiger charge is 2.24. The number of aliphatic carboxylic acids is 1. The van der Waals surface area contributed by atoms with Crippen molar-refractivity contribution in [2.24, 2.45) is 11.3 Å². The molecule has 0 rings (SSSR count). The van der Waals surface area contributed by atoms with E-state index >= 15 is 0 Å². The molecule has 0 bridgehead atoms. The van der Waals surface area contributed by atoms with Gasteiger partial charge in [0.05, 0.1) is 5.92 Å². The zero-order chi connectivity index (χ0) is 14.2. The van der Waals surface area contributed by atoms with Crippen LogP contribution < -0.4 is 10.6 Å². The first-order valence-electron chi connectivity index (χ1n) is 5.99. The van der Waals surface area contributed by atoms with E-state index in [1.165, 1.54) is 0 Å². The molecule has 0 aliphatic carbocycles. The van der Waals surface area contributed by atoms with Gasteiger partial charge < -0.3 is 15.7 Å². The first kappa shape index (κ1) is 17.1. The number of carbonyl (C=O) groups excluding carboxylic acids is 1. The van der Waals surface area contributed by atoms with Crippen molar-refractivity contribution in [1.29, 1.82) is 0 Å². The molecule has 18 heavy (non-hydrogen) atoms. The summed E-state index contributed by atoms with van der Waals surface area (Å²) in [6.07, 6.45) is 2.50. The summed E-state index contributed by atoms with van der Waals surface area (Å²) in [5, 5.41) is 14.4. The van der Waals surface area contributed by atoms with Crippen LogP contribution in [-0.4, -0.2) is 42.2 Å². The van der Waals surface area contributed by atoms with E-state index in [9.17, 15) is 9.59 Å². The number of carboxylic acid groups (broad SMARTS) is 1. The highest BCUT2D eigenvalue weighted by molar-refractivity contribution is 7.98. The van der Waals surface area contributed by atoms with E-state index in [4.69, 9.17) is 5.11 Å². The molecular weight excluding hydrogens is 252 g/mol. The Kier molecular flexibility index (Phi) is 7.82. The van der Waals surface area contributed by atoms with E-state index in [1.54, 1.807) is 11.8 Å². The monoisotopic (exact) mass is 276 g/mol. The summed E-state index contributed by atoms with van der Waals surface area (Å²) in [4.78, 5) is 22.5. The molecule has 0 aliphatic heterocycles. The SMILES string of the molecule is CSCCNC(=O)NCC(CC(C)(C)C)C(=O)O. The Morgan fingerprint density at radius 1 is 1.28 bits per heavy atom. The molecule has 0 saturated heterocycles. The van der Waals surface area contributed by atoms with E-state index < -0.39 is 11.9 Å². The number of amides is 2. The van der Waals surface area contributed by atoms with Gasteiger partial charge in [0.25, 0.3) is 0 Å². The van der Waals surface area contributed by atoms with Crippen molar-refractivity contribution in [3.63, 3.8) is 0 Å². The minimum absolute atomic E-state index is 0.0694. The molecule has 0 fully saturated rings. The summed E-state index contributed by atoms with van der Waals surface area (Å²) in [7, 11) is 0. The van der Waals surface area contributed by atoms with Crippen LogP contribution in [0, 0.1) is 11.3 Å². The molecule has 3 N–H and O–H groups in total. The normalized spacial score (nSPS) is 12.9. The fraction of sp³-hybridized carbons (Fsp3) is 0.833. The molecule has 2 amide bonds. The fourth-order valence-corrected chi connectivity index (χ4v) is 1.84. The summed E-state index contributed by atoms with van der Waals surface area (Å²) < 4.78 is 0. The molecule has 0 saturated carbocycles. The van der Waals surface area contributed by atoms with Crippen LogP contribution in [0.4, 0.5) is 4.79 Å². The second-order valence-corrected chi connectivity index (χ2v) is 6.42. The van der Waals surface area contributed by atoms with E-state index in [2.05, 4.69) is 10.6 Å². The van der Waals surface area contributed by atoms with Gasteiger partial charge in [-0.2, -0.15) is 11.8 Å². The van der Waals surface area contributed by atoms with Crippen LogP contribution in [0.3, 0.4) is 0 Å². The third-order valence-corrected chi connectivity index (χ3v) is 2.92. The molecule has 0 radical (unpaired) electrons. The van der Waals surface area contributed by atoms with E-state index in [0.717, 1.165) is 5.75 Å². The summed E-state index contributed by atoms with van der Waals surface area (Å²) >= 11 is 1.64. The predicted molar refractivity (Wildman–Crippen MR) is 75.0 cm³/mol. The van der Waals surface area contributed by atoms with Crippen molar-refractivity contribution in [1.82, 2.24) is 10.6 Å². The standard InChI is InChI=1S/C12H24N2O3S/c1-12(2,3)7-9(10(15)16)8-14-11(17)13-5-6-18-4/h9H,5-8H2,1-4H3,(H,15,16)(H2,13,14,17). The number of carbonyl (C=O) groups is 2. The lowest BCUT2D eigenvalue weighted by Gasteiger charge is -2.23. The van der Waals surface area contributed by atoms with E-state index in [1.807, 2.05) is 27.0 Å². The van der Waals surface area contributed by atoms with Gasteiger partial charge in [0.2, 0.25) is 0 Å². The molecule has 1 unspecified atom stereocenters. The summed E-state index contributed by atoms with van der Waals surface area (Å²) in [6.45, 7) is 6.71. The minimum Gasteiger partial charge on any atom is -0.481 e. The lowest BCUT2D eigenvalue weighted by molar-refractivity contribution is -0.142. The minimum atomic E-state index is -0.866. The van der Waals surface area contributed by atoms with Crippen molar-refractivity contribution in [3.05, 3.63) is 0 Å². The van der Waals surface area contributed by atoms with Gasteiger partial charge in [-0.15, -0.1) is 0 Å². The lowest BCUT2D eigenvalue weighted by Crippen LogP contribution is -2.41. The number of nitrogens with one attached hydrogen (secondary N) is 2. The van der Waals surface area contributed by atoms with Crippen LogP contribution >= 0.6 is 11.8 Å². The maximum Gasteiger partial charge on any atom is 0.314 e. The highest BCUT2D eigenvalue weighted by Crippen LogP contribution is 2.24. The Morgan fingerprint density at radius 3 is 2.33 bits per heavy atom. The Balaban J connectivity index is 4.04. The Hall–Kier alpha value is -0.910. The third kappa shape index (κ3) is 9.15. The maximum atomic E-state index is 11.4. The molecule has 0 heterocycles. The molecule has 0 aromatic carbocycles. The molecule has 0 spiro atoms. The van der Waals surface area contributed by atoms with E-state index in [-0.39, 0.29) is 18.0 Å². The number of thioether (sulfide) groups is 1. The van der Waals surface area contributed by atoms with Crippen LogP contribution in [0.1, 0.15) is 27.2 Å². The Labute approximate surface area is 113 Å². The van der Waals surface area contributed by atoms with Crippen molar-refractivity contribution in [2.45, 2.75) is 27.2 Å². The average molecular weight is 276 g/mol. The van der Waals surface area contributed by atoms with Crippen molar-refractivity contribution in [2.75, 3.05) is 25.1 Å². The molecule has 6 heteroatoms. The van der Waals surface area contributed by atoms with Crippen LogP contribution in [0.5, 0.6) is 0 Å². The highest BCUT2D eigenvalue weighted by atomic mass is 32.2. The van der Waals surface area contributed by atoms with Gasteiger partial charge in [0.1, 0.15) is 0 Å². The number of carboxylic acids is 1. The van der Waals surface area contributed by atoms with Gasteiger partial charge >= 0.3 is 12.0 Å². The molecule has 5 nitrogen and oxygen atoms in total. The van der Waals surface area contributed by atoms with Crippen LogP contribution in [0.15, 0.2) is 0 Å². The zero-order valence-corrected chi connectivity index (χ0v) is 12.4. The van der Waals surface area contributed by atoms with Crippen LogP contribution in [-0.2, 0) is 4.79 Å². The molecule has 1 atom stereocenters. The predicted octanol–water partition coefficient (Wildman–Crippen LogP) is 1.79. The fourth-order valence-electron chi connectivity index (χ4n) is 1.53. The van der Waals surface area contributed by atoms with Gasteiger partial charge in [-0.05, 0) is 18.1 Å². The topological polar surface area (TPSA) is 78.4 Å². The number of rotatable bonds is 7. The van der Waals surface area contributed by atoms with Crippen molar-refractivity contribution < 1.29 is 14.7 Å². The van der Waals surface area contributed by atoms with Gasteiger partial charge in [-0.25, -0.2) is 4.79 Å². The number of hydrogen-bond donors (Lipinski definition) is 3. The number of urea groups is 1. The summed E-state index contributed by atoms with van der Waals surface area (Å²) in [6, 6.07) is -0.302. The molecule has 0 aromatic rings. The average Bonchev–Trinajstić information content (AvgIpc) is 2.22. The molecular formula is C12H24N2O3S. The zero-order valence-electron chi connectivity index (χ0n) is 11.6. The quantitative estimate of drug-likeness (QED) is 0.619. The first-order valence-corrected chi connectivity index (χ1v) is 7.39. The summed E-state index contributed by atoms with van der Waals surface area (Å²) in [5.74, 6) is -0.566. The Morgan fingerprint density at radius 2 is 1.89 bits per heavy atom. The van der Waals surface area contributed by atoms with Crippen molar-refractivity contribution in [3.8, 4) is 0 Å². The first-order chi connectivity index (χ1) is 8.26. The number of hydrogen-bond acceptors (Lipinski definition) is 3. The van der Waals surface area contributed by atoms with Gasteiger partial charge in [-0.3, -0.25) is 4.79 Å². The Bertz CT molecular complexity index is 277. The molecule has 0 aliphatic rings. The van der Waals surface area contributed by atoms with E-state index in [0.29, 0.717) is 13.0 Å². The van der Waals surface area contributed by atoms with Gasteiger partial charge in [0, 0.05) is 18.8 Å². The molecule has 106 valence electrons. The largest absolute Gasteiger partial charge is 0.481 e. The summed E-state index contributed by atoms with van der Waals surface area (Å²) in [5.41, 5.74) is -0.0694. The second-order valence-electron chi connectivity index (χ2n) is 5.43. The van der Waals surface area contributed by atoms with Crippen molar-refractivity contribution >= 4 is 23.8 Å². The van der Waals surface area contributed by atoms with Gasteiger partial charge in [0.15, 0.2) is 0 Å². The maximum absolute atomic E-state index is 11.4. The van der Waals surface area contributed by atoms with Crippen LogP contribution in [0.25, 0.3) is 0 Å². The smallest absolute Gasteiger partial charge is 0.314 e. The third-order valence-electron chi connectivity index (χ3n) is 2.31. The molecule has 0 aromatic heterocycles. The lowest BCUT2D eigenvalue weighted by atomic mass is 9.84.